The van der Waals surface area contributed by atoms with E-state index in [0.717, 1.165) is 25.7 Å². The molecule has 1 fully saturated rings. The van der Waals surface area contributed by atoms with E-state index in [9.17, 15) is 15.2 Å². The maximum atomic E-state index is 11.2. The largest absolute Gasteiger partial charge is 0.490 e. The van der Waals surface area contributed by atoms with E-state index in [4.69, 9.17) is 4.74 Å². The van der Waals surface area contributed by atoms with E-state index in [2.05, 4.69) is 12.2 Å². The first-order valence-corrected chi connectivity index (χ1v) is 7.23. The molecule has 2 rings (SSSR count). The maximum Gasteiger partial charge on any atom is 0.333 e. The lowest BCUT2D eigenvalue weighted by atomic mass is 9.79. The van der Waals surface area contributed by atoms with Gasteiger partial charge >= 0.3 is 5.69 Å². The molecule has 1 aliphatic carbocycles. The van der Waals surface area contributed by atoms with Crippen molar-refractivity contribution < 1.29 is 14.8 Å². The van der Waals surface area contributed by atoms with Crippen LogP contribution in [0, 0.1) is 16.0 Å². The molecule has 6 heteroatoms. The predicted octanol–water partition coefficient (Wildman–Crippen LogP) is 2.96. The van der Waals surface area contributed by atoms with Gasteiger partial charge in [0.2, 0.25) is 0 Å². The molecule has 6 nitrogen and oxygen atoms in total. The van der Waals surface area contributed by atoms with E-state index < -0.39 is 10.5 Å². The van der Waals surface area contributed by atoms with E-state index in [1.165, 1.54) is 7.11 Å². The fraction of sp³-hybridized carbons (Fsp3) is 0.600. The molecular formula is C15H22N2O4. The molecule has 0 heterocycles. The Kier molecular flexibility index (Phi) is 4.67. The van der Waals surface area contributed by atoms with Crippen molar-refractivity contribution in [3.63, 3.8) is 0 Å². The van der Waals surface area contributed by atoms with Gasteiger partial charge in [-0.05, 0) is 43.7 Å². The van der Waals surface area contributed by atoms with Gasteiger partial charge in [-0.15, -0.1) is 0 Å². The van der Waals surface area contributed by atoms with E-state index in [-0.39, 0.29) is 11.4 Å². The fourth-order valence-corrected chi connectivity index (χ4v) is 2.75. The van der Waals surface area contributed by atoms with Crippen molar-refractivity contribution >= 4 is 11.4 Å². The Morgan fingerprint density at radius 3 is 2.71 bits per heavy atom. The molecular weight excluding hydrogens is 272 g/mol. The second kappa shape index (κ2) is 6.30. The van der Waals surface area contributed by atoms with E-state index in [0.29, 0.717) is 18.2 Å². The lowest BCUT2D eigenvalue weighted by Gasteiger charge is -2.35. The first-order valence-electron chi connectivity index (χ1n) is 7.23. The van der Waals surface area contributed by atoms with Crippen molar-refractivity contribution in [3.8, 4) is 5.75 Å². The van der Waals surface area contributed by atoms with E-state index >= 15 is 0 Å². The third-order valence-electron chi connectivity index (χ3n) is 4.21. The summed E-state index contributed by atoms with van der Waals surface area (Å²) in [6, 6.07) is 4.89. The highest BCUT2D eigenvalue weighted by molar-refractivity contribution is 5.68. The lowest BCUT2D eigenvalue weighted by molar-refractivity contribution is -0.384. The summed E-state index contributed by atoms with van der Waals surface area (Å²) in [6.45, 7) is 2.49. The Labute approximate surface area is 124 Å². The average Bonchev–Trinajstić information content (AvgIpc) is 2.48. The number of nitro groups is 1. The minimum atomic E-state index is -0.788. The second-order valence-corrected chi connectivity index (χ2v) is 5.87. The van der Waals surface area contributed by atoms with Crippen LogP contribution in [-0.2, 0) is 0 Å². The van der Waals surface area contributed by atoms with E-state index in [1.807, 2.05) is 0 Å². The number of rotatable bonds is 5. The summed E-state index contributed by atoms with van der Waals surface area (Å²) in [7, 11) is 1.40. The first kappa shape index (κ1) is 15.6. The van der Waals surface area contributed by atoms with Crippen LogP contribution in [0.25, 0.3) is 0 Å². The van der Waals surface area contributed by atoms with Gasteiger partial charge in [0.25, 0.3) is 0 Å². The number of ether oxygens (including phenoxy) is 1. The molecule has 1 saturated carbocycles. The third kappa shape index (κ3) is 3.64. The number of methoxy groups -OCH3 is 1. The second-order valence-electron chi connectivity index (χ2n) is 5.87. The molecule has 0 spiro atoms. The molecule has 0 amide bonds. The number of nitrogens with zero attached hydrogens (tertiary/aromatic N) is 1. The normalized spacial score (nSPS) is 25.4. The molecule has 0 atom stereocenters. The number of benzene rings is 1. The molecule has 0 saturated heterocycles. The highest BCUT2D eigenvalue weighted by Crippen LogP contribution is 2.36. The van der Waals surface area contributed by atoms with Gasteiger partial charge in [0.05, 0.1) is 17.6 Å². The Morgan fingerprint density at radius 2 is 2.14 bits per heavy atom. The molecule has 21 heavy (non-hydrogen) atoms. The minimum absolute atomic E-state index is 0.0900. The molecule has 1 aromatic rings. The lowest BCUT2D eigenvalue weighted by Crippen LogP contribution is -2.40. The smallest absolute Gasteiger partial charge is 0.333 e. The van der Waals surface area contributed by atoms with Crippen LogP contribution in [0.1, 0.15) is 32.6 Å². The molecule has 0 bridgehead atoms. The van der Waals surface area contributed by atoms with Crippen LogP contribution in [0.2, 0.25) is 0 Å². The fourth-order valence-electron chi connectivity index (χ4n) is 2.75. The summed E-state index contributed by atoms with van der Waals surface area (Å²) in [5.41, 5.74) is -0.497. The van der Waals surface area contributed by atoms with Crippen molar-refractivity contribution in [2.24, 2.45) is 5.92 Å². The van der Waals surface area contributed by atoms with Crippen molar-refractivity contribution in [3.05, 3.63) is 28.3 Å². The standard InChI is InChI=1S/C15H22N2O4/c1-11-6-8-15(18,9-7-11)10-16-12-4-3-5-13(21-2)14(12)17(19)20/h3-5,11,16,18H,6-10H2,1-2H3. The van der Waals surface area contributed by atoms with Gasteiger partial charge in [0, 0.05) is 6.54 Å². The molecule has 0 aromatic heterocycles. The van der Waals surface area contributed by atoms with Gasteiger partial charge in [-0.25, -0.2) is 0 Å². The maximum absolute atomic E-state index is 11.2. The zero-order valence-electron chi connectivity index (χ0n) is 12.5. The summed E-state index contributed by atoms with van der Waals surface area (Å²) in [5, 5.41) is 24.8. The summed E-state index contributed by atoms with van der Waals surface area (Å²) in [6.07, 6.45) is 3.41. The SMILES string of the molecule is COc1cccc(NCC2(O)CCC(C)CC2)c1[N+](=O)[O-]. The van der Waals surface area contributed by atoms with Crippen LogP contribution in [0.3, 0.4) is 0 Å². The quantitative estimate of drug-likeness (QED) is 0.644. The Morgan fingerprint density at radius 1 is 1.48 bits per heavy atom. The monoisotopic (exact) mass is 294 g/mol. The molecule has 0 radical (unpaired) electrons. The Hall–Kier alpha value is -1.82. The van der Waals surface area contributed by atoms with Crippen molar-refractivity contribution in [2.75, 3.05) is 19.0 Å². The number of hydrogen-bond donors (Lipinski definition) is 2. The molecule has 2 N–H and O–H groups in total. The topological polar surface area (TPSA) is 84.6 Å². The summed E-state index contributed by atoms with van der Waals surface area (Å²) in [4.78, 5) is 10.7. The zero-order chi connectivity index (χ0) is 15.5. The molecule has 0 aliphatic heterocycles. The van der Waals surface area contributed by atoms with Crippen LogP contribution >= 0.6 is 0 Å². The van der Waals surface area contributed by atoms with Gasteiger partial charge in [-0.1, -0.05) is 13.0 Å². The van der Waals surface area contributed by atoms with Gasteiger partial charge in [-0.3, -0.25) is 10.1 Å². The predicted molar refractivity (Wildman–Crippen MR) is 80.7 cm³/mol. The average molecular weight is 294 g/mol. The van der Waals surface area contributed by atoms with Gasteiger partial charge in [-0.2, -0.15) is 0 Å². The molecule has 0 unspecified atom stereocenters. The number of para-hydroxylation sites is 1. The van der Waals surface area contributed by atoms with Gasteiger partial charge < -0.3 is 15.2 Å². The zero-order valence-corrected chi connectivity index (χ0v) is 12.5. The number of hydrogen-bond acceptors (Lipinski definition) is 5. The highest BCUT2D eigenvalue weighted by atomic mass is 16.6. The van der Waals surface area contributed by atoms with Crippen LogP contribution in [0.4, 0.5) is 11.4 Å². The van der Waals surface area contributed by atoms with Gasteiger partial charge in [0.1, 0.15) is 5.69 Å². The van der Waals surface area contributed by atoms with Crippen molar-refractivity contribution in [1.82, 2.24) is 0 Å². The molecule has 116 valence electrons. The highest BCUT2D eigenvalue weighted by Gasteiger charge is 2.32. The Balaban J connectivity index is 2.11. The summed E-state index contributed by atoms with van der Waals surface area (Å²) in [5.74, 6) is 0.852. The molecule has 1 aliphatic rings. The first-order chi connectivity index (χ1) is 9.95. The summed E-state index contributed by atoms with van der Waals surface area (Å²) >= 11 is 0. The number of nitrogens with one attached hydrogen (secondary N) is 1. The summed E-state index contributed by atoms with van der Waals surface area (Å²) < 4.78 is 5.03. The Bertz CT molecular complexity index is 510. The molecule has 1 aromatic carbocycles. The van der Waals surface area contributed by atoms with Crippen molar-refractivity contribution in [2.45, 2.75) is 38.2 Å². The number of aliphatic hydroxyl groups is 1. The van der Waals surface area contributed by atoms with Crippen LogP contribution in [0.5, 0.6) is 5.75 Å². The number of nitro benzene ring substituents is 1. The van der Waals surface area contributed by atoms with Crippen molar-refractivity contribution in [1.29, 1.82) is 0 Å². The minimum Gasteiger partial charge on any atom is -0.490 e. The third-order valence-corrected chi connectivity index (χ3v) is 4.21. The van der Waals surface area contributed by atoms with Crippen LogP contribution in [-0.4, -0.2) is 29.3 Å². The van der Waals surface area contributed by atoms with Crippen LogP contribution in [0.15, 0.2) is 18.2 Å². The van der Waals surface area contributed by atoms with Gasteiger partial charge in [0.15, 0.2) is 5.75 Å². The number of anilines is 1. The van der Waals surface area contributed by atoms with Crippen LogP contribution < -0.4 is 10.1 Å². The van der Waals surface area contributed by atoms with E-state index in [1.54, 1.807) is 18.2 Å².